The molecule has 1 aromatic carbocycles. The lowest BCUT2D eigenvalue weighted by molar-refractivity contribution is -0.146. The van der Waals surface area contributed by atoms with Crippen LogP contribution in [0.15, 0.2) is 24.3 Å². The molecule has 2 aromatic rings. The van der Waals surface area contributed by atoms with Crippen LogP contribution >= 0.6 is 0 Å². The summed E-state index contributed by atoms with van der Waals surface area (Å²) in [5.74, 6) is -2.05. The lowest BCUT2D eigenvalue weighted by atomic mass is 9.90. The standard InChI is InChI=1S/C23H30N4O5/c1-13(2)10-15(12-19(28)20-25-16-6-4-5-7-17(16)26-20)22(30)27-18(23(31)32-3)11-14-8-9-24-21(14)29/h4-7,13-15,18H,8-12H2,1-3H3,(H,24,29)(H,25,26)(H,27,30)/t14-,15+,18-/m0/s1. The number of nitrogens with zero attached hydrogens (tertiary/aromatic N) is 1. The SMILES string of the molecule is COC(=O)[C@H](C[C@@H]1CCNC1=O)NC(=O)[C@@H](CC(=O)c1nc2ccccc2[nH]1)CC(C)C. The van der Waals surface area contributed by atoms with Gasteiger partial charge in [0.25, 0.3) is 0 Å². The molecule has 0 unspecified atom stereocenters. The Bertz CT molecular complexity index is 966. The number of amides is 2. The second-order valence-corrected chi connectivity index (χ2v) is 8.65. The van der Waals surface area contributed by atoms with Gasteiger partial charge >= 0.3 is 5.97 Å². The third-order valence-electron chi connectivity index (χ3n) is 5.70. The maximum absolute atomic E-state index is 13.1. The molecule has 2 heterocycles. The average Bonchev–Trinajstić information content (AvgIpc) is 3.37. The third kappa shape index (κ3) is 5.72. The Morgan fingerprint density at radius 2 is 2.00 bits per heavy atom. The summed E-state index contributed by atoms with van der Waals surface area (Å²) in [5, 5.41) is 5.46. The second-order valence-electron chi connectivity index (χ2n) is 8.65. The molecule has 1 aliphatic rings. The van der Waals surface area contributed by atoms with E-state index in [0.717, 1.165) is 5.52 Å². The van der Waals surface area contributed by atoms with Crippen LogP contribution in [-0.2, 0) is 19.1 Å². The fourth-order valence-electron chi connectivity index (χ4n) is 4.06. The number of ketones is 1. The number of carbonyl (C=O) groups is 4. The number of imidazole rings is 1. The zero-order valence-corrected chi connectivity index (χ0v) is 18.6. The first-order valence-electron chi connectivity index (χ1n) is 10.9. The van der Waals surface area contributed by atoms with Crippen molar-refractivity contribution in [3.63, 3.8) is 0 Å². The van der Waals surface area contributed by atoms with Crippen LogP contribution < -0.4 is 10.6 Å². The van der Waals surface area contributed by atoms with Gasteiger partial charge in [-0.05, 0) is 37.3 Å². The number of hydrogen-bond acceptors (Lipinski definition) is 6. The van der Waals surface area contributed by atoms with Crippen LogP contribution in [-0.4, -0.2) is 53.2 Å². The number of nitrogens with one attached hydrogen (secondary N) is 3. The highest BCUT2D eigenvalue weighted by Crippen LogP contribution is 2.21. The maximum Gasteiger partial charge on any atom is 0.328 e. The fraction of sp³-hybridized carbons (Fsp3) is 0.522. The minimum absolute atomic E-state index is 0.0400. The van der Waals surface area contributed by atoms with Gasteiger partial charge in [0.1, 0.15) is 6.04 Å². The molecule has 9 nitrogen and oxygen atoms in total. The van der Waals surface area contributed by atoms with Crippen LogP contribution in [0.1, 0.15) is 50.1 Å². The Labute approximate surface area is 186 Å². The lowest BCUT2D eigenvalue weighted by Gasteiger charge is -2.23. The largest absolute Gasteiger partial charge is 0.467 e. The Balaban J connectivity index is 1.72. The number of H-pyrrole nitrogens is 1. The summed E-state index contributed by atoms with van der Waals surface area (Å²) in [6.45, 7) is 4.48. The molecule has 1 aliphatic heterocycles. The van der Waals surface area contributed by atoms with Crippen molar-refractivity contribution in [2.45, 2.75) is 45.6 Å². The normalized spacial score (nSPS) is 17.8. The molecule has 3 rings (SSSR count). The van der Waals surface area contributed by atoms with Crippen molar-refractivity contribution in [3.8, 4) is 0 Å². The molecule has 1 fully saturated rings. The first-order valence-corrected chi connectivity index (χ1v) is 10.9. The van der Waals surface area contributed by atoms with Crippen LogP contribution in [0.2, 0.25) is 0 Å². The van der Waals surface area contributed by atoms with Crippen molar-refractivity contribution in [2.75, 3.05) is 13.7 Å². The second kappa shape index (κ2) is 10.4. The van der Waals surface area contributed by atoms with E-state index in [-0.39, 0.29) is 42.2 Å². The molecular formula is C23H30N4O5. The fourth-order valence-corrected chi connectivity index (χ4v) is 4.06. The molecule has 32 heavy (non-hydrogen) atoms. The van der Waals surface area contributed by atoms with Crippen molar-refractivity contribution in [1.29, 1.82) is 0 Å². The summed E-state index contributed by atoms with van der Waals surface area (Å²) in [6.07, 6.45) is 1.19. The van der Waals surface area contributed by atoms with Gasteiger partial charge in [-0.25, -0.2) is 9.78 Å². The highest BCUT2D eigenvalue weighted by molar-refractivity contribution is 5.98. The van der Waals surface area contributed by atoms with E-state index in [1.807, 2.05) is 32.0 Å². The van der Waals surface area contributed by atoms with Crippen molar-refractivity contribution < 1.29 is 23.9 Å². The number of benzene rings is 1. The minimum Gasteiger partial charge on any atom is -0.467 e. The summed E-state index contributed by atoms with van der Waals surface area (Å²) in [5.41, 5.74) is 1.43. The van der Waals surface area contributed by atoms with E-state index in [2.05, 4.69) is 20.6 Å². The molecule has 2 amide bonds. The molecule has 3 atom stereocenters. The number of carbonyl (C=O) groups excluding carboxylic acids is 4. The highest BCUT2D eigenvalue weighted by atomic mass is 16.5. The molecule has 172 valence electrons. The van der Waals surface area contributed by atoms with Crippen molar-refractivity contribution in [1.82, 2.24) is 20.6 Å². The van der Waals surface area contributed by atoms with Gasteiger partial charge in [-0.1, -0.05) is 26.0 Å². The predicted molar refractivity (Wildman–Crippen MR) is 118 cm³/mol. The van der Waals surface area contributed by atoms with E-state index >= 15 is 0 Å². The van der Waals surface area contributed by atoms with Crippen LogP contribution in [0.4, 0.5) is 0 Å². The van der Waals surface area contributed by atoms with E-state index in [4.69, 9.17) is 4.74 Å². The van der Waals surface area contributed by atoms with Gasteiger partial charge in [-0.15, -0.1) is 0 Å². The molecule has 3 N–H and O–H groups in total. The average molecular weight is 443 g/mol. The van der Waals surface area contributed by atoms with Crippen LogP contribution in [0.5, 0.6) is 0 Å². The van der Waals surface area contributed by atoms with E-state index in [1.54, 1.807) is 6.07 Å². The molecule has 0 bridgehead atoms. The van der Waals surface area contributed by atoms with Crippen LogP contribution in [0, 0.1) is 17.8 Å². The molecule has 1 aromatic heterocycles. The summed E-state index contributed by atoms with van der Waals surface area (Å²) >= 11 is 0. The van der Waals surface area contributed by atoms with Crippen molar-refractivity contribution >= 4 is 34.6 Å². The third-order valence-corrected chi connectivity index (χ3v) is 5.70. The molecule has 1 saturated heterocycles. The summed E-state index contributed by atoms with van der Waals surface area (Å²) in [7, 11) is 1.24. The zero-order chi connectivity index (χ0) is 23.3. The summed E-state index contributed by atoms with van der Waals surface area (Å²) in [6, 6.07) is 6.38. The number of hydrogen-bond donors (Lipinski definition) is 3. The summed E-state index contributed by atoms with van der Waals surface area (Å²) in [4.78, 5) is 57.5. The van der Waals surface area contributed by atoms with Gasteiger partial charge in [0, 0.05) is 24.8 Å². The number of fused-ring (bicyclic) bond motifs is 1. The Kier molecular flexibility index (Phi) is 7.61. The molecule has 0 saturated carbocycles. The molecule has 0 radical (unpaired) electrons. The quantitative estimate of drug-likeness (QED) is 0.381. The lowest BCUT2D eigenvalue weighted by Crippen LogP contribution is -2.46. The van der Waals surface area contributed by atoms with Gasteiger partial charge in [-0.2, -0.15) is 0 Å². The van der Waals surface area contributed by atoms with E-state index in [0.29, 0.717) is 24.9 Å². The van der Waals surface area contributed by atoms with E-state index in [9.17, 15) is 19.2 Å². The van der Waals surface area contributed by atoms with Gasteiger partial charge < -0.3 is 20.4 Å². The van der Waals surface area contributed by atoms with Crippen LogP contribution in [0.25, 0.3) is 11.0 Å². The number of para-hydroxylation sites is 2. The number of ether oxygens (including phenoxy) is 1. The minimum atomic E-state index is -0.947. The number of aromatic amines is 1. The summed E-state index contributed by atoms with van der Waals surface area (Å²) < 4.78 is 4.84. The number of rotatable bonds is 10. The van der Waals surface area contributed by atoms with Gasteiger partial charge in [0.05, 0.1) is 18.1 Å². The molecule has 0 aliphatic carbocycles. The first-order chi connectivity index (χ1) is 15.3. The number of Topliss-reactive ketones (excluding diaryl/α,β-unsaturated/α-hetero) is 1. The predicted octanol–water partition coefficient (Wildman–Crippen LogP) is 1.98. The van der Waals surface area contributed by atoms with Gasteiger partial charge in [0.2, 0.25) is 11.8 Å². The Hall–Kier alpha value is -3.23. The molecular weight excluding hydrogens is 412 g/mol. The van der Waals surface area contributed by atoms with Crippen molar-refractivity contribution in [2.24, 2.45) is 17.8 Å². The van der Waals surface area contributed by atoms with Gasteiger partial charge in [-0.3, -0.25) is 14.4 Å². The first kappa shape index (κ1) is 23.4. The number of methoxy groups -OCH3 is 1. The van der Waals surface area contributed by atoms with Crippen LogP contribution in [0.3, 0.4) is 0 Å². The maximum atomic E-state index is 13.1. The Morgan fingerprint density at radius 1 is 1.25 bits per heavy atom. The highest BCUT2D eigenvalue weighted by Gasteiger charge is 2.34. The zero-order valence-electron chi connectivity index (χ0n) is 18.6. The Morgan fingerprint density at radius 3 is 2.62 bits per heavy atom. The number of esters is 1. The smallest absolute Gasteiger partial charge is 0.328 e. The topological polar surface area (TPSA) is 130 Å². The monoisotopic (exact) mass is 442 g/mol. The molecule has 9 heteroatoms. The van der Waals surface area contributed by atoms with Crippen molar-refractivity contribution in [3.05, 3.63) is 30.1 Å². The van der Waals surface area contributed by atoms with E-state index in [1.165, 1.54) is 7.11 Å². The number of aromatic nitrogens is 2. The van der Waals surface area contributed by atoms with E-state index < -0.39 is 23.8 Å². The van der Waals surface area contributed by atoms with Gasteiger partial charge in [0.15, 0.2) is 11.6 Å². The molecule has 0 spiro atoms.